The van der Waals surface area contributed by atoms with Crippen molar-refractivity contribution >= 4 is 28.9 Å². The predicted octanol–water partition coefficient (Wildman–Crippen LogP) is 5.25. The van der Waals surface area contributed by atoms with Gasteiger partial charge in [-0.15, -0.1) is 0 Å². The van der Waals surface area contributed by atoms with Crippen molar-refractivity contribution in [2.45, 2.75) is 20.0 Å². The highest BCUT2D eigenvalue weighted by atomic mass is 19.4. The molecule has 9 nitrogen and oxygen atoms in total. The summed E-state index contributed by atoms with van der Waals surface area (Å²) in [6, 6.07) is 13.5. The number of carbonyl (C=O) groups is 1. The van der Waals surface area contributed by atoms with E-state index in [0.717, 1.165) is 23.4 Å². The van der Waals surface area contributed by atoms with Gasteiger partial charge in [-0.05, 0) is 63.8 Å². The molecule has 4 rings (SSSR count). The molecule has 0 spiro atoms. The van der Waals surface area contributed by atoms with Crippen LogP contribution in [-0.2, 0) is 6.18 Å². The zero-order chi connectivity index (χ0) is 28.3. The smallest absolute Gasteiger partial charge is 0.373 e. The molecule has 2 aromatic carbocycles. The van der Waals surface area contributed by atoms with Gasteiger partial charge in [0.15, 0.2) is 5.82 Å². The minimum absolute atomic E-state index is 0.0560. The fraction of sp³-hybridized carbons (Fsp3) is 0.259. The molecule has 4 aromatic rings. The van der Waals surface area contributed by atoms with E-state index >= 15 is 0 Å². The molecule has 0 saturated carbocycles. The summed E-state index contributed by atoms with van der Waals surface area (Å²) in [5, 5.41) is 10.9. The first kappa shape index (κ1) is 27.6. The standard InChI is InChI=1S/C27H29F3N8O/c1-17-9-10-21(37(16-36(4)5)26(39)19-7-6-8-20(12-19)27(28,29)30)13-22(17)34-25-11-18(2)35-38(25)24-14-23(31-3)32-15-33-24/h6-15,34H,16H2,1-5H3,(H,31,32,33). The van der Waals surface area contributed by atoms with E-state index < -0.39 is 17.6 Å². The number of anilines is 4. The number of amides is 1. The van der Waals surface area contributed by atoms with E-state index in [1.54, 1.807) is 48.9 Å². The lowest BCUT2D eigenvalue weighted by atomic mass is 10.1. The molecule has 2 N–H and O–H groups in total. The third-order valence-corrected chi connectivity index (χ3v) is 5.86. The van der Waals surface area contributed by atoms with Crippen molar-refractivity contribution in [3.8, 4) is 5.82 Å². The lowest BCUT2D eigenvalue weighted by Crippen LogP contribution is -2.38. The lowest BCUT2D eigenvalue weighted by molar-refractivity contribution is -0.137. The lowest BCUT2D eigenvalue weighted by Gasteiger charge is -2.27. The van der Waals surface area contributed by atoms with Gasteiger partial charge < -0.3 is 10.6 Å². The van der Waals surface area contributed by atoms with Crippen LogP contribution in [0.4, 0.5) is 36.2 Å². The SMILES string of the molecule is CNc1cc(-n2nc(C)cc2Nc2cc(N(CN(C)C)C(=O)c3cccc(C(F)(F)F)c3)ccc2C)ncn1. The Hall–Kier alpha value is -4.45. The molecule has 1 amide bonds. The molecule has 0 aliphatic heterocycles. The number of hydrogen-bond acceptors (Lipinski definition) is 7. The van der Waals surface area contributed by atoms with Gasteiger partial charge in [-0.2, -0.15) is 23.0 Å². The van der Waals surface area contributed by atoms with Crippen LogP contribution in [0.2, 0.25) is 0 Å². The Labute approximate surface area is 224 Å². The molecule has 0 fully saturated rings. The first-order valence-electron chi connectivity index (χ1n) is 12.0. The van der Waals surface area contributed by atoms with Crippen molar-refractivity contribution in [3.05, 3.63) is 83.3 Å². The van der Waals surface area contributed by atoms with Crippen LogP contribution in [0.15, 0.2) is 60.9 Å². The van der Waals surface area contributed by atoms with Crippen LogP contribution in [0.1, 0.15) is 27.2 Å². The molecule has 0 saturated heterocycles. The topological polar surface area (TPSA) is 91.2 Å². The van der Waals surface area contributed by atoms with Crippen molar-refractivity contribution < 1.29 is 18.0 Å². The zero-order valence-corrected chi connectivity index (χ0v) is 22.2. The number of benzene rings is 2. The first-order valence-corrected chi connectivity index (χ1v) is 12.0. The van der Waals surface area contributed by atoms with E-state index in [1.165, 1.54) is 23.4 Å². The Morgan fingerprint density at radius 3 is 2.49 bits per heavy atom. The Morgan fingerprint density at radius 1 is 1.03 bits per heavy atom. The average Bonchev–Trinajstić information content (AvgIpc) is 3.27. The molecule has 12 heteroatoms. The highest BCUT2D eigenvalue weighted by Gasteiger charge is 2.31. The fourth-order valence-electron chi connectivity index (χ4n) is 3.94. The van der Waals surface area contributed by atoms with Crippen molar-refractivity contribution in [2.24, 2.45) is 0 Å². The van der Waals surface area contributed by atoms with Crippen LogP contribution in [0.25, 0.3) is 5.82 Å². The third-order valence-electron chi connectivity index (χ3n) is 5.86. The number of aryl methyl sites for hydroxylation is 2. The third kappa shape index (κ3) is 6.34. The van der Waals surface area contributed by atoms with E-state index in [1.807, 2.05) is 26.0 Å². The van der Waals surface area contributed by atoms with Gasteiger partial charge in [0.1, 0.15) is 18.0 Å². The summed E-state index contributed by atoms with van der Waals surface area (Å²) in [5.74, 6) is 1.26. The molecule has 0 atom stereocenters. The van der Waals surface area contributed by atoms with E-state index in [-0.39, 0.29) is 12.2 Å². The minimum atomic E-state index is -4.55. The number of aromatic nitrogens is 4. The van der Waals surface area contributed by atoms with Gasteiger partial charge in [-0.1, -0.05) is 12.1 Å². The average molecular weight is 539 g/mol. The number of halogens is 3. The Bertz CT molecular complexity index is 1480. The van der Waals surface area contributed by atoms with E-state index in [4.69, 9.17) is 0 Å². The summed E-state index contributed by atoms with van der Waals surface area (Å²) in [6.45, 7) is 3.93. The van der Waals surface area contributed by atoms with Crippen LogP contribution in [-0.4, -0.2) is 58.4 Å². The summed E-state index contributed by atoms with van der Waals surface area (Å²) >= 11 is 0. The second-order valence-corrected chi connectivity index (χ2v) is 9.25. The number of carbonyl (C=O) groups excluding carboxylic acids is 1. The fourth-order valence-corrected chi connectivity index (χ4v) is 3.94. The predicted molar refractivity (Wildman–Crippen MR) is 145 cm³/mol. The second kappa shape index (κ2) is 11.1. The van der Waals surface area contributed by atoms with Gasteiger partial charge in [0.2, 0.25) is 0 Å². The summed E-state index contributed by atoms with van der Waals surface area (Å²) < 4.78 is 41.6. The van der Waals surface area contributed by atoms with Crippen LogP contribution in [0, 0.1) is 13.8 Å². The van der Waals surface area contributed by atoms with Gasteiger partial charge in [0.05, 0.1) is 17.9 Å². The molecule has 0 radical (unpaired) electrons. The Morgan fingerprint density at radius 2 is 1.79 bits per heavy atom. The summed E-state index contributed by atoms with van der Waals surface area (Å²) in [4.78, 5) is 25.2. The van der Waals surface area contributed by atoms with E-state index in [9.17, 15) is 18.0 Å². The summed E-state index contributed by atoms with van der Waals surface area (Å²) in [7, 11) is 5.32. The minimum Gasteiger partial charge on any atom is -0.373 e. The van der Waals surface area contributed by atoms with Crippen LogP contribution < -0.4 is 15.5 Å². The molecule has 0 unspecified atom stereocenters. The quantitative estimate of drug-likeness (QED) is 0.296. The highest BCUT2D eigenvalue weighted by Crippen LogP contribution is 2.32. The maximum Gasteiger partial charge on any atom is 0.416 e. The Balaban J connectivity index is 1.71. The molecule has 0 aliphatic carbocycles. The molecule has 0 bridgehead atoms. The van der Waals surface area contributed by atoms with Gasteiger partial charge in [-0.3, -0.25) is 14.6 Å². The van der Waals surface area contributed by atoms with Gasteiger partial charge >= 0.3 is 6.18 Å². The van der Waals surface area contributed by atoms with Crippen LogP contribution in [0.3, 0.4) is 0 Å². The van der Waals surface area contributed by atoms with Crippen LogP contribution in [0.5, 0.6) is 0 Å². The number of nitrogens with zero attached hydrogens (tertiary/aromatic N) is 6. The molecular weight excluding hydrogens is 509 g/mol. The molecule has 2 heterocycles. The normalized spacial score (nSPS) is 11.5. The van der Waals surface area contributed by atoms with Crippen molar-refractivity contribution in [1.82, 2.24) is 24.6 Å². The zero-order valence-electron chi connectivity index (χ0n) is 22.2. The first-order chi connectivity index (χ1) is 18.5. The largest absolute Gasteiger partial charge is 0.416 e. The molecule has 204 valence electrons. The Kier molecular flexibility index (Phi) is 7.86. The number of nitrogens with one attached hydrogen (secondary N) is 2. The molecule has 0 aliphatic rings. The van der Waals surface area contributed by atoms with E-state index in [2.05, 4.69) is 25.7 Å². The van der Waals surface area contributed by atoms with Gasteiger partial charge in [0, 0.05) is 36.1 Å². The van der Waals surface area contributed by atoms with Crippen molar-refractivity contribution in [2.75, 3.05) is 43.3 Å². The maximum absolute atomic E-state index is 13.5. The highest BCUT2D eigenvalue weighted by molar-refractivity contribution is 6.06. The monoisotopic (exact) mass is 538 g/mol. The molecule has 39 heavy (non-hydrogen) atoms. The number of alkyl halides is 3. The van der Waals surface area contributed by atoms with Crippen molar-refractivity contribution in [3.63, 3.8) is 0 Å². The summed E-state index contributed by atoms with van der Waals surface area (Å²) in [6.07, 6.45) is -3.12. The van der Waals surface area contributed by atoms with Crippen molar-refractivity contribution in [1.29, 1.82) is 0 Å². The molecular formula is C27H29F3N8O. The maximum atomic E-state index is 13.5. The number of hydrogen-bond donors (Lipinski definition) is 2. The summed E-state index contributed by atoms with van der Waals surface area (Å²) in [5.41, 5.74) is 1.92. The second-order valence-electron chi connectivity index (χ2n) is 9.25. The van der Waals surface area contributed by atoms with Gasteiger partial charge in [0.25, 0.3) is 5.91 Å². The molecule has 2 aromatic heterocycles. The van der Waals surface area contributed by atoms with Gasteiger partial charge in [-0.25, -0.2) is 9.97 Å². The van der Waals surface area contributed by atoms with E-state index in [0.29, 0.717) is 28.8 Å². The van der Waals surface area contributed by atoms with Crippen LogP contribution >= 0.6 is 0 Å². The number of rotatable bonds is 8.